The van der Waals surface area contributed by atoms with Gasteiger partial charge >= 0.3 is 0 Å². The van der Waals surface area contributed by atoms with Crippen LogP contribution in [-0.4, -0.2) is 24.9 Å². The Morgan fingerprint density at radius 3 is 2.42 bits per heavy atom. The summed E-state index contributed by atoms with van der Waals surface area (Å²) in [6, 6.07) is 7.04. The topological polar surface area (TPSA) is 70.2 Å². The van der Waals surface area contributed by atoms with Gasteiger partial charge in [-0.15, -0.1) is 6.58 Å². The normalized spacial score (nSPS) is 9.74. The lowest BCUT2D eigenvalue weighted by molar-refractivity contribution is -0.116. The Morgan fingerprint density at radius 1 is 1.21 bits per heavy atom. The quantitative estimate of drug-likeness (QED) is 0.517. The van der Waals surface area contributed by atoms with E-state index < -0.39 is 0 Å². The summed E-state index contributed by atoms with van der Waals surface area (Å²) in [4.78, 5) is 22.9. The van der Waals surface area contributed by atoms with Crippen LogP contribution < -0.4 is 16.0 Å². The Balaban J connectivity index is 2.54. The molecule has 0 spiro atoms. The molecule has 0 aliphatic rings. The summed E-state index contributed by atoms with van der Waals surface area (Å²) in [5.41, 5.74) is 1.32. The van der Waals surface area contributed by atoms with Crippen molar-refractivity contribution in [3.8, 4) is 0 Å². The van der Waals surface area contributed by atoms with Gasteiger partial charge in [0.25, 0.3) is 0 Å². The molecule has 0 aliphatic carbocycles. The maximum absolute atomic E-state index is 11.6. The minimum atomic E-state index is -0.138. The summed E-state index contributed by atoms with van der Waals surface area (Å²) in [5, 5.41) is 8.40. The van der Waals surface area contributed by atoms with Gasteiger partial charge in [-0.25, -0.2) is 0 Å². The molecule has 0 saturated carbocycles. The van der Waals surface area contributed by atoms with Crippen molar-refractivity contribution in [2.75, 3.05) is 23.7 Å². The third kappa shape index (κ3) is 5.83. The summed E-state index contributed by atoms with van der Waals surface area (Å²) in [7, 11) is 0. The van der Waals surface area contributed by atoms with Crippen LogP contribution in [0.4, 0.5) is 11.4 Å². The molecule has 0 radical (unpaired) electrons. The molecule has 0 fully saturated rings. The van der Waals surface area contributed by atoms with E-state index in [1.165, 1.54) is 0 Å². The van der Waals surface area contributed by atoms with Crippen LogP contribution in [0.5, 0.6) is 0 Å². The molecule has 1 aromatic carbocycles. The molecule has 0 unspecified atom stereocenters. The number of benzene rings is 1. The molecule has 5 nitrogen and oxygen atoms in total. The molecule has 5 heteroatoms. The van der Waals surface area contributed by atoms with E-state index in [-0.39, 0.29) is 18.4 Å². The number of anilines is 2. The third-order valence-corrected chi connectivity index (χ3v) is 2.33. The molecule has 2 amide bonds. The Labute approximate surface area is 113 Å². The first-order chi connectivity index (χ1) is 9.15. The summed E-state index contributed by atoms with van der Waals surface area (Å²) < 4.78 is 0. The van der Waals surface area contributed by atoms with E-state index in [4.69, 9.17) is 0 Å². The first-order valence-electron chi connectivity index (χ1n) is 6.17. The van der Waals surface area contributed by atoms with Gasteiger partial charge in [0.1, 0.15) is 0 Å². The molecule has 0 saturated heterocycles. The summed E-state index contributed by atoms with van der Waals surface area (Å²) in [6.45, 7) is 6.14. The second-order valence-corrected chi connectivity index (χ2v) is 3.95. The van der Waals surface area contributed by atoms with Crippen LogP contribution in [0.15, 0.2) is 36.9 Å². The zero-order valence-corrected chi connectivity index (χ0v) is 11.0. The van der Waals surface area contributed by atoms with Gasteiger partial charge < -0.3 is 16.0 Å². The fourth-order valence-electron chi connectivity index (χ4n) is 1.42. The van der Waals surface area contributed by atoms with Gasteiger partial charge in [0.05, 0.1) is 6.54 Å². The van der Waals surface area contributed by atoms with Gasteiger partial charge in [0.2, 0.25) is 11.8 Å². The number of carbonyl (C=O) groups is 2. The van der Waals surface area contributed by atoms with Gasteiger partial charge in [-0.3, -0.25) is 9.59 Å². The van der Waals surface area contributed by atoms with E-state index in [9.17, 15) is 9.59 Å². The zero-order valence-electron chi connectivity index (χ0n) is 11.0. The Hall–Kier alpha value is -2.14. The number of rotatable bonds is 7. The van der Waals surface area contributed by atoms with Gasteiger partial charge in [0.15, 0.2) is 0 Å². The molecule has 3 N–H and O–H groups in total. The van der Waals surface area contributed by atoms with Crippen molar-refractivity contribution in [2.45, 2.75) is 13.3 Å². The largest absolute Gasteiger partial charge is 0.326 e. The molecule has 19 heavy (non-hydrogen) atoms. The Morgan fingerprint density at radius 2 is 1.84 bits per heavy atom. The van der Waals surface area contributed by atoms with E-state index in [1.807, 2.05) is 0 Å². The molecule has 0 bridgehead atoms. The first kappa shape index (κ1) is 14.9. The maximum Gasteiger partial charge on any atom is 0.238 e. The van der Waals surface area contributed by atoms with Crippen molar-refractivity contribution >= 4 is 23.2 Å². The van der Waals surface area contributed by atoms with E-state index in [0.717, 1.165) is 0 Å². The molecule has 102 valence electrons. The molecule has 1 aromatic rings. The minimum Gasteiger partial charge on any atom is -0.326 e. The lowest BCUT2D eigenvalue weighted by Crippen LogP contribution is -2.28. The van der Waals surface area contributed by atoms with E-state index in [2.05, 4.69) is 22.5 Å². The SMILES string of the molecule is C=CCNCC(=O)Nc1cccc(NC(=O)CC)c1. The predicted molar refractivity (Wildman–Crippen MR) is 77.1 cm³/mol. The summed E-state index contributed by atoms with van der Waals surface area (Å²) >= 11 is 0. The van der Waals surface area contributed by atoms with E-state index >= 15 is 0 Å². The second kappa shape index (κ2) is 8.05. The smallest absolute Gasteiger partial charge is 0.238 e. The van der Waals surface area contributed by atoms with Crippen LogP contribution in [0.2, 0.25) is 0 Å². The van der Waals surface area contributed by atoms with Gasteiger partial charge in [-0.05, 0) is 18.2 Å². The highest BCUT2D eigenvalue weighted by atomic mass is 16.2. The number of hydrogen-bond acceptors (Lipinski definition) is 3. The molecule has 1 rings (SSSR count). The third-order valence-electron chi connectivity index (χ3n) is 2.33. The molecular weight excluding hydrogens is 242 g/mol. The average Bonchev–Trinajstić information content (AvgIpc) is 2.39. The van der Waals surface area contributed by atoms with E-state index in [0.29, 0.717) is 24.3 Å². The lowest BCUT2D eigenvalue weighted by Gasteiger charge is -2.08. The fraction of sp³-hybridized carbons (Fsp3) is 0.286. The van der Waals surface area contributed by atoms with Crippen molar-refractivity contribution in [3.05, 3.63) is 36.9 Å². The van der Waals surface area contributed by atoms with Gasteiger partial charge in [-0.1, -0.05) is 19.1 Å². The monoisotopic (exact) mass is 261 g/mol. The second-order valence-electron chi connectivity index (χ2n) is 3.95. The lowest BCUT2D eigenvalue weighted by atomic mass is 10.2. The molecule has 0 atom stereocenters. The molecule has 0 heterocycles. The maximum atomic E-state index is 11.6. The fourth-order valence-corrected chi connectivity index (χ4v) is 1.42. The van der Waals surface area contributed by atoms with Crippen LogP contribution in [-0.2, 0) is 9.59 Å². The van der Waals surface area contributed by atoms with Crippen molar-refractivity contribution in [3.63, 3.8) is 0 Å². The van der Waals surface area contributed by atoms with Crippen LogP contribution in [0.25, 0.3) is 0 Å². The number of hydrogen-bond donors (Lipinski definition) is 3. The summed E-state index contributed by atoms with van der Waals surface area (Å²) in [6.07, 6.45) is 2.11. The Bertz CT molecular complexity index is 458. The van der Waals surface area contributed by atoms with Crippen LogP contribution in [0.3, 0.4) is 0 Å². The molecular formula is C14H19N3O2. The van der Waals surface area contributed by atoms with Gasteiger partial charge in [-0.2, -0.15) is 0 Å². The van der Waals surface area contributed by atoms with Crippen molar-refractivity contribution < 1.29 is 9.59 Å². The standard InChI is InChI=1S/C14H19N3O2/c1-3-8-15-10-14(19)17-12-7-5-6-11(9-12)16-13(18)4-2/h3,5-7,9,15H,1,4,8,10H2,2H3,(H,16,18)(H,17,19). The zero-order chi connectivity index (χ0) is 14.1. The minimum absolute atomic E-state index is 0.0591. The van der Waals surface area contributed by atoms with Crippen LogP contribution in [0.1, 0.15) is 13.3 Å². The Kier molecular flexibility index (Phi) is 6.32. The molecule has 0 aliphatic heterocycles. The van der Waals surface area contributed by atoms with Crippen LogP contribution in [0, 0.1) is 0 Å². The number of nitrogens with one attached hydrogen (secondary N) is 3. The van der Waals surface area contributed by atoms with Crippen LogP contribution >= 0.6 is 0 Å². The molecule has 0 aromatic heterocycles. The highest BCUT2D eigenvalue weighted by molar-refractivity contribution is 5.94. The van der Waals surface area contributed by atoms with E-state index in [1.54, 1.807) is 37.3 Å². The highest BCUT2D eigenvalue weighted by Gasteiger charge is 2.03. The highest BCUT2D eigenvalue weighted by Crippen LogP contribution is 2.15. The van der Waals surface area contributed by atoms with Crippen molar-refractivity contribution in [2.24, 2.45) is 0 Å². The van der Waals surface area contributed by atoms with Crippen molar-refractivity contribution in [1.29, 1.82) is 0 Å². The van der Waals surface area contributed by atoms with Crippen molar-refractivity contribution in [1.82, 2.24) is 5.32 Å². The predicted octanol–water partition coefficient (Wildman–Crippen LogP) is 1.75. The van der Waals surface area contributed by atoms with Gasteiger partial charge in [0, 0.05) is 24.3 Å². The average molecular weight is 261 g/mol. The number of amides is 2. The first-order valence-corrected chi connectivity index (χ1v) is 6.17. The summed E-state index contributed by atoms with van der Waals surface area (Å²) in [5.74, 6) is -0.197. The number of carbonyl (C=O) groups excluding carboxylic acids is 2.